The van der Waals surface area contributed by atoms with E-state index in [9.17, 15) is 0 Å². The van der Waals surface area contributed by atoms with Gasteiger partial charge in [0, 0.05) is 6.54 Å². The summed E-state index contributed by atoms with van der Waals surface area (Å²) in [5.41, 5.74) is 2.17. The second-order valence-corrected chi connectivity index (χ2v) is 4.87. The number of rotatable bonds is 6. The second-order valence-electron chi connectivity index (χ2n) is 4.07. The lowest BCUT2D eigenvalue weighted by molar-refractivity contribution is 0.0428. The Balaban J connectivity index is 2.65. The molecule has 1 rings (SSSR count). The molecule has 0 aliphatic heterocycles. The normalized spacial score (nSPS) is 13.1. The second kappa shape index (κ2) is 6.40. The Morgan fingerprint density at radius 3 is 2.69 bits per heavy atom. The molecule has 0 N–H and O–H groups in total. The fourth-order valence-electron chi connectivity index (χ4n) is 1.72. The zero-order valence-corrected chi connectivity index (χ0v) is 12.2. The quantitative estimate of drug-likeness (QED) is 0.798. The van der Waals surface area contributed by atoms with Crippen molar-refractivity contribution in [3.05, 3.63) is 15.9 Å². The zero-order chi connectivity index (χ0) is 12.1. The molecule has 0 radical (unpaired) electrons. The molecule has 0 saturated carbocycles. The van der Waals surface area contributed by atoms with E-state index in [-0.39, 0.29) is 0 Å². The van der Waals surface area contributed by atoms with Gasteiger partial charge in [0.05, 0.1) is 28.6 Å². The van der Waals surface area contributed by atoms with Gasteiger partial charge in [0.15, 0.2) is 0 Å². The summed E-state index contributed by atoms with van der Waals surface area (Å²) in [6.07, 6.45) is 2.59. The van der Waals surface area contributed by atoms with E-state index in [2.05, 4.69) is 41.8 Å². The molecule has 92 valence electrons. The van der Waals surface area contributed by atoms with Gasteiger partial charge in [0.25, 0.3) is 0 Å². The van der Waals surface area contributed by atoms with Crippen LogP contribution in [0.5, 0.6) is 0 Å². The Kier molecular flexibility index (Phi) is 5.49. The van der Waals surface area contributed by atoms with E-state index < -0.39 is 0 Å². The molecule has 1 atom stereocenters. The first-order chi connectivity index (χ1) is 7.60. The van der Waals surface area contributed by atoms with Crippen LogP contribution in [0.15, 0.2) is 4.47 Å². The third-order valence-electron chi connectivity index (χ3n) is 2.65. The summed E-state index contributed by atoms with van der Waals surface area (Å²) < 4.78 is 8.89. The summed E-state index contributed by atoms with van der Waals surface area (Å²) in [6, 6.07) is 0. The van der Waals surface area contributed by atoms with Crippen molar-refractivity contribution >= 4 is 15.9 Å². The van der Waals surface area contributed by atoms with Gasteiger partial charge in [0.2, 0.25) is 0 Å². The molecule has 0 amide bonds. The lowest BCUT2D eigenvalue weighted by Crippen LogP contribution is -2.11. The molecule has 16 heavy (non-hydrogen) atoms. The van der Waals surface area contributed by atoms with Gasteiger partial charge in [-0.05, 0) is 43.1 Å². The van der Waals surface area contributed by atoms with E-state index in [0.717, 1.165) is 35.2 Å². The Labute approximate surface area is 106 Å². The highest BCUT2D eigenvalue weighted by atomic mass is 79.9. The standard InChI is InChI=1S/C12H21BrN2O/c1-5-7-9(3)16-8-11-12(13)10(4)14-15(11)6-2/h9H,5-8H2,1-4H3. The van der Waals surface area contributed by atoms with E-state index in [1.807, 2.05) is 11.6 Å². The summed E-state index contributed by atoms with van der Waals surface area (Å²) in [4.78, 5) is 0. The molecule has 4 heteroatoms. The molecule has 0 spiro atoms. The first-order valence-electron chi connectivity index (χ1n) is 5.93. The van der Waals surface area contributed by atoms with Crippen LogP contribution in [0.25, 0.3) is 0 Å². The maximum atomic E-state index is 5.81. The van der Waals surface area contributed by atoms with Gasteiger partial charge in [0.1, 0.15) is 0 Å². The van der Waals surface area contributed by atoms with Crippen LogP contribution in [0.1, 0.15) is 45.0 Å². The van der Waals surface area contributed by atoms with Crippen molar-refractivity contribution in [2.24, 2.45) is 0 Å². The molecule has 1 aromatic heterocycles. The lowest BCUT2D eigenvalue weighted by Gasteiger charge is -2.12. The highest BCUT2D eigenvalue weighted by molar-refractivity contribution is 9.10. The van der Waals surface area contributed by atoms with Crippen molar-refractivity contribution in [1.82, 2.24) is 9.78 Å². The molecule has 0 aliphatic carbocycles. The Morgan fingerprint density at radius 2 is 2.12 bits per heavy atom. The summed E-state index contributed by atoms with van der Waals surface area (Å²) in [5, 5.41) is 4.44. The number of hydrogen-bond donors (Lipinski definition) is 0. The number of halogens is 1. The minimum atomic E-state index is 0.317. The van der Waals surface area contributed by atoms with Gasteiger partial charge >= 0.3 is 0 Å². The molecule has 0 aromatic carbocycles. The topological polar surface area (TPSA) is 27.1 Å². The first kappa shape index (κ1) is 13.7. The minimum absolute atomic E-state index is 0.317. The number of aromatic nitrogens is 2. The van der Waals surface area contributed by atoms with Crippen LogP contribution in [0, 0.1) is 6.92 Å². The number of hydrogen-bond acceptors (Lipinski definition) is 2. The average molecular weight is 289 g/mol. The van der Waals surface area contributed by atoms with E-state index in [0.29, 0.717) is 12.7 Å². The number of nitrogens with zero attached hydrogens (tertiary/aromatic N) is 2. The molecule has 0 bridgehead atoms. The molecule has 1 aromatic rings. The highest BCUT2D eigenvalue weighted by Crippen LogP contribution is 2.22. The van der Waals surface area contributed by atoms with Gasteiger partial charge in [-0.15, -0.1) is 0 Å². The van der Waals surface area contributed by atoms with Gasteiger partial charge < -0.3 is 4.74 Å². The summed E-state index contributed by atoms with van der Waals surface area (Å²) in [5.74, 6) is 0. The fraction of sp³-hybridized carbons (Fsp3) is 0.750. The van der Waals surface area contributed by atoms with E-state index in [1.54, 1.807) is 0 Å². The van der Waals surface area contributed by atoms with Crippen molar-refractivity contribution in [2.45, 2.75) is 59.8 Å². The molecule has 0 saturated heterocycles. The van der Waals surface area contributed by atoms with Crippen molar-refractivity contribution in [2.75, 3.05) is 0 Å². The van der Waals surface area contributed by atoms with Crippen molar-refractivity contribution in [3.8, 4) is 0 Å². The van der Waals surface area contributed by atoms with Crippen LogP contribution in [0.2, 0.25) is 0 Å². The largest absolute Gasteiger partial charge is 0.372 e. The van der Waals surface area contributed by atoms with E-state index >= 15 is 0 Å². The maximum absolute atomic E-state index is 5.81. The van der Waals surface area contributed by atoms with Crippen LogP contribution in [0.4, 0.5) is 0 Å². The molecule has 3 nitrogen and oxygen atoms in total. The summed E-state index contributed by atoms with van der Waals surface area (Å²) in [6.45, 7) is 9.92. The molecular formula is C12H21BrN2O. The third-order valence-corrected chi connectivity index (χ3v) is 3.68. The maximum Gasteiger partial charge on any atom is 0.0899 e. The Hall–Kier alpha value is -0.350. The smallest absolute Gasteiger partial charge is 0.0899 e. The van der Waals surface area contributed by atoms with Gasteiger partial charge in [-0.3, -0.25) is 4.68 Å². The molecule has 0 aliphatic rings. The SMILES string of the molecule is CCCC(C)OCc1c(Br)c(C)nn1CC. The van der Waals surface area contributed by atoms with Crippen LogP contribution >= 0.6 is 15.9 Å². The lowest BCUT2D eigenvalue weighted by atomic mass is 10.2. The van der Waals surface area contributed by atoms with Crippen LogP contribution in [0.3, 0.4) is 0 Å². The van der Waals surface area contributed by atoms with Crippen LogP contribution < -0.4 is 0 Å². The summed E-state index contributed by atoms with van der Waals surface area (Å²) >= 11 is 3.57. The van der Waals surface area contributed by atoms with Crippen molar-refractivity contribution < 1.29 is 4.74 Å². The molecule has 0 fully saturated rings. The van der Waals surface area contributed by atoms with Crippen molar-refractivity contribution in [3.63, 3.8) is 0 Å². The Morgan fingerprint density at radius 1 is 1.44 bits per heavy atom. The predicted octanol–water partition coefficient (Wildman–Crippen LogP) is 3.68. The van der Waals surface area contributed by atoms with Crippen molar-refractivity contribution in [1.29, 1.82) is 0 Å². The van der Waals surface area contributed by atoms with E-state index in [4.69, 9.17) is 4.74 Å². The van der Waals surface area contributed by atoms with E-state index in [1.165, 1.54) is 0 Å². The number of aryl methyl sites for hydroxylation is 2. The zero-order valence-electron chi connectivity index (χ0n) is 10.6. The Bertz CT molecular complexity index is 336. The molecule has 1 unspecified atom stereocenters. The van der Waals surface area contributed by atoms with Gasteiger partial charge in [-0.2, -0.15) is 5.10 Å². The number of ether oxygens (including phenoxy) is 1. The highest BCUT2D eigenvalue weighted by Gasteiger charge is 2.13. The summed E-state index contributed by atoms with van der Waals surface area (Å²) in [7, 11) is 0. The monoisotopic (exact) mass is 288 g/mol. The van der Waals surface area contributed by atoms with Gasteiger partial charge in [-0.1, -0.05) is 13.3 Å². The average Bonchev–Trinajstić information content (AvgIpc) is 2.53. The minimum Gasteiger partial charge on any atom is -0.372 e. The van der Waals surface area contributed by atoms with Gasteiger partial charge in [-0.25, -0.2) is 0 Å². The predicted molar refractivity (Wildman–Crippen MR) is 69.5 cm³/mol. The van der Waals surface area contributed by atoms with Crippen LogP contribution in [-0.2, 0) is 17.9 Å². The van der Waals surface area contributed by atoms with Crippen LogP contribution in [-0.4, -0.2) is 15.9 Å². The fourth-order valence-corrected chi connectivity index (χ4v) is 2.12. The first-order valence-corrected chi connectivity index (χ1v) is 6.72. The molecule has 1 heterocycles. The molecular weight excluding hydrogens is 268 g/mol. The third kappa shape index (κ3) is 3.32.